The standard InChI is InChI=1S/C25H32N2O.C2HF3O2/c1-16(2)17-6-8-19(9-7-17)27-23-14-18-13-22-20-5-3-4-10-25(20,11-12-26-22)21(18)15-24(23)28;3-2(4,5)1(6)7/h6-9,14-16,20,22,26-28H,3-5,10-13H2,1-2H3;(H,6,7)/t20-,22+,25+;/m1./s1. The highest BCUT2D eigenvalue weighted by Crippen LogP contribution is 2.55. The number of carbonyl (C=O) groups is 1. The monoisotopic (exact) mass is 490 g/mol. The van der Waals surface area contributed by atoms with Gasteiger partial charge in [0, 0.05) is 17.1 Å². The van der Waals surface area contributed by atoms with E-state index in [4.69, 9.17) is 9.90 Å². The summed E-state index contributed by atoms with van der Waals surface area (Å²) in [6, 6.07) is 13.5. The van der Waals surface area contributed by atoms with E-state index in [1.165, 1.54) is 48.8 Å². The molecule has 0 unspecified atom stereocenters. The van der Waals surface area contributed by atoms with Crippen molar-refractivity contribution in [1.29, 1.82) is 0 Å². The van der Waals surface area contributed by atoms with Gasteiger partial charge in [0.25, 0.3) is 0 Å². The molecule has 4 N–H and O–H groups in total. The molecule has 2 aromatic rings. The molecule has 0 spiro atoms. The van der Waals surface area contributed by atoms with Crippen molar-refractivity contribution in [3.8, 4) is 5.75 Å². The number of aromatic hydroxyl groups is 1. The summed E-state index contributed by atoms with van der Waals surface area (Å²) in [4.78, 5) is 8.90. The largest absolute Gasteiger partial charge is 0.506 e. The lowest BCUT2D eigenvalue weighted by Crippen LogP contribution is -2.59. The zero-order valence-corrected chi connectivity index (χ0v) is 20.1. The second-order valence-corrected chi connectivity index (χ2v) is 10.3. The normalized spacial score (nSPS) is 25.1. The average molecular weight is 491 g/mol. The first-order valence-corrected chi connectivity index (χ1v) is 12.3. The van der Waals surface area contributed by atoms with Gasteiger partial charge in [0.2, 0.25) is 0 Å². The lowest BCUT2D eigenvalue weighted by atomic mass is 9.53. The van der Waals surface area contributed by atoms with Crippen molar-refractivity contribution >= 4 is 17.3 Å². The Labute approximate surface area is 203 Å². The molecule has 35 heavy (non-hydrogen) atoms. The summed E-state index contributed by atoms with van der Waals surface area (Å²) >= 11 is 0. The number of fused-ring (bicyclic) bond motifs is 1. The van der Waals surface area contributed by atoms with Crippen LogP contribution in [0, 0.1) is 5.92 Å². The molecule has 3 aliphatic rings. The third kappa shape index (κ3) is 5.13. The van der Waals surface area contributed by atoms with Crippen molar-refractivity contribution in [3.63, 3.8) is 0 Å². The average Bonchev–Trinajstić information content (AvgIpc) is 2.80. The Morgan fingerprint density at radius 2 is 1.83 bits per heavy atom. The first kappa shape index (κ1) is 25.4. The quantitative estimate of drug-likeness (QED) is 0.383. The highest BCUT2D eigenvalue weighted by molar-refractivity contribution is 5.73. The first-order valence-electron chi connectivity index (χ1n) is 12.3. The SMILES string of the molecule is CC(C)c1ccc(Nc2cc3c(cc2O)[C@]24CCCC[C@@H]2[C@H](C3)NCC4)cc1.O=C(O)C(F)(F)F. The van der Waals surface area contributed by atoms with E-state index in [0.717, 1.165) is 30.3 Å². The fourth-order valence-electron chi connectivity index (χ4n) is 6.18. The number of anilines is 2. The van der Waals surface area contributed by atoms with Gasteiger partial charge >= 0.3 is 12.1 Å². The van der Waals surface area contributed by atoms with Gasteiger partial charge in [-0.05, 0) is 85.0 Å². The fourth-order valence-corrected chi connectivity index (χ4v) is 6.18. The number of phenolic OH excluding ortho intramolecular Hbond substituents is 1. The summed E-state index contributed by atoms with van der Waals surface area (Å²) in [7, 11) is 0. The molecule has 1 saturated carbocycles. The molecule has 0 amide bonds. The zero-order chi connectivity index (χ0) is 25.4. The molecular weight excluding hydrogens is 457 g/mol. The molecule has 2 bridgehead atoms. The second-order valence-electron chi connectivity index (χ2n) is 10.3. The molecule has 2 aliphatic carbocycles. The van der Waals surface area contributed by atoms with Crippen LogP contribution in [0.15, 0.2) is 36.4 Å². The Morgan fingerprint density at radius 1 is 1.14 bits per heavy atom. The number of phenols is 1. The molecule has 1 aliphatic heterocycles. The van der Waals surface area contributed by atoms with Crippen LogP contribution < -0.4 is 10.6 Å². The highest BCUT2D eigenvalue weighted by Gasteiger charge is 2.51. The number of carboxylic acid groups (broad SMARTS) is 1. The summed E-state index contributed by atoms with van der Waals surface area (Å²) in [5.74, 6) is -1.10. The predicted molar refractivity (Wildman–Crippen MR) is 129 cm³/mol. The number of rotatable bonds is 3. The maximum atomic E-state index is 10.9. The van der Waals surface area contributed by atoms with E-state index in [9.17, 15) is 18.3 Å². The number of piperidine rings is 1. The minimum Gasteiger partial charge on any atom is -0.506 e. The topological polar surface area (TPSA) is 81.6 Å². The van der Waals surface area contributed by atoms with Gasteiger partial charge in [-0.25, -0.2) is 4.79 Å². The lowest BCUT2D eigenvalue weighted by molar-refractivity contribution is -0.192. The van der Waals surface area contributed by atoms with Crippen molar-refractivity contribution in [2.45, 2.75) is 75.9 Å². The smallest absolute Gasteiger partial charge is 0.490 e. The van der Waals surface area contributed by atoms with E-state index in [2.05, 4.69) is 60.9 Å². The maximum absolute atomic E-state index is 10.9. The minimum absolute atomic E-state index is 0.288. The van der Waals surface area contributed by atoms with Crippen LogP contribution in [-0.4, -0.2) is 34.9 Å². The summed E-state index contributed by atoms with van der Waals surface area (Å²) in [5.41, 5.74) is 6.35. The van der Waals surface area contributed by atoms with Crippen molar-refractivity contribution < 1.29 is 28.2 Å². The van der Waals surface area contributed by atoms with Crippen molar-refractivity contribution in [2.75, 3.05) is 11.9 Å². The van der Waals surface area contributed by atoms with Gasteiger partial charge in [0.15, 0.2) is 0 Å². The summed E-state index contributed by atoms with van der Waals surface area (Å²) in [6.07, 6.45) is 2.52. The maximum Gasteiger partial charge on any atom is 0.490 e. The van der Waals surface area contributed by atoms with Gasteiger partial charge in [0.1, 0.15) is 5.75 Å². The first-order chi connectivity index (χ1) is 16.5. The van der Waals surface area contributed by atoms with Crippen LogP contribution in [-0.2, 0) is 16.6 Å². The summed E-state index contributed by atoms with van der Waals surface area (Å²) < 4.78 is 31.7. The molecule has 2 aromatic carbocycles. The van der Waals surface area contributed by atoms with Gasteiger partial charge in [-0.3, -0.25) is 0 Å². The molecule has 1 saturated heterocycles. The molecule has 2 fully saturated rings. The molecule has 8 heteroatoms. The van der Waals surface area contributed by atoms with E-state index in [1.54, 1.807) is 0 Å². The number of carboxylic acids is 1. The van der Waals surface area contributed by atoms with E-state index in [0.29, 0.717) is 17.7 Å². The molecule has 190 valence electrons. The van der Waals surface area contributed by atoms with Gasteiger partial charge < -0.3 is 20.8 Å². The molecule has 3 atom stereocenters. The van der Waals surface area contributed by atoms with Gasteiger partial charge in [-0.2, -0.15) is 13.2 Å². The number of hydrogen-bond acceptors (Lipinski definition) is 4. The third-order valence-corrected chi connectivity index (χ3v) is 7.86. The number of hydrogen-bond donors (Lipinski definition) is 4. The van der Waals surface area contributed by atoms with Crippen LogP contribution in [0.1, 0.15) is 68.6 Å². The lowest BCUT2D eigenvalue weighted by Gasteiger charge is -2.56. The van der Waals surface area contributed by atoms with Crippen LogP contribution in [0.2, 0.25) is 0 Å². The van der Waals surface area contributed by atoms with E-state index in [-0.39, 0.29) is 5.41 Å². The number of aliphatic carboxylic acids is 1. The van der Waals surface area contributed by atoms with Gasteiger partial charge in [0.05, 0.1) is 5.69 Å². The zero-order valence-electron chi connectivity index (χ0n) is 20.1. The molecule has 0 radical (unpaired) electrons. The molecule has 5 nitrogen and oxygen atoms in total. The highest BCUT2D eigenvalue weighted by atomic mass is 19.4. The minimum atomic E-state index is -5.08. The number of halogens is 3. The Bertz CT molecular complexity index is 1060. The van der Waals surface area contributed by atoms with Crippen LogP contribution in [0.25, 0.3) is 0 Å². The molecule has 0 aromatic heterocycles. The van der Waals surface area contributed by atoms with E-state index >= 15 is 0 Å². The van der Waals surface area contributed by atoms with E-state index in [1.807, 2.05) is 0 Å². The molecular formula is C27H33F3N2O3. The summed E-state index contributed by atoms with van der Waals surface area (Å²) in [5, 5.41) is 25.3. The van der Waals surface area contributed by atoms with Crippen molar-refractivity contribution in [2.24, 2.45) is 5.92 Å². The van der Waals surface area contributed by atoms with Crippen LogP contribution >= 0.6 is 0 Å². The Balaban J connectivity index is 0.000000364. The predicted octanol–water partition coefficient (Wildman–Crippen LogP) is 6.24. The molecule has 1 heterocycles. The number of nitrogens with one attached hydrogen (secondary N) is 2. The Morgan fingerprint density at radius 3 is 2.46 bits per heavy atom. The van der Waals surface area contributed by atoms with Crippen LogP contribution in [0.4, 0.5) is 24.5 Å². The third-order valence-electron chi connectivity index (χ3n) is 7.86. The number of benzene rings is 2. The Hall–Kier alpha value is -2.74. The van der Waals surface area contributed by atoms with Gasteiger partial charge in [-0.1, -0.05) is 38.8 Å². The van der Waals surface area contributed by atoms with Crippen LogP contribution in [0.5, 0.6) is 5.75 Å². The summed E-state index contributed by atoms with van der Waals surface area (Å²) in [6.45, 7) is 5.53. The van der Waals surface area contributed by atoms with Gasteiger partial charge in [-0.15, -0.1) is 0 Å². The van der Waals surface area contributed by atoms with Crippen molar-refractivity contribution in [3.05, 3.63) is 53.1 Å². The second kappa shape index (κ2) is 9.72. The number of alkyl halides is 3. The van der Waals surface area contributed by atoms with E-state index < -0.39 is 12.1 Å². The fraction of sp³-hybridized carbons (Fsp3) is 0.519. The Kier molecular flexibility index (Phi) is 7.04. The van der Waals surface area contributed by atoms with Crippen molar-refractivity contribution in [1.82, 2.24) is 5.32 Å². The molecule has 5 rings (SSSR count). The van der Waals surface area contributed by atoms with Crippen LogP contribution in [0.3, 0.4) is 0 Å².